The highest BCUT2D eigenvalue weighted by molar-refractivity contribution is 6.97. The van der Waals surface area contributed by atoms with Crippen LogP contribution in [0.1, 0.15) is 46.0 Å². The molecule has 2 aromatic carbocycles. The van der Waals surface area contributed by atoms with Gasteiger partial charge in [0.25, 0.3) is 8.32 Å². The van der Waals surface area contributed by atoms with Gasteiger partial charge in [0.2, 0.25) is 0 Å². The van der Waals surface area contributed by atoms with Crippen LogP contribution in [-0.4, -0.2) is 27.5 Å². The Hall–Kier alpha value is -2.79. The van der Waals surface area contributed by atoms with E-state index in [1.54, 1.807) is 0 Å². The van der Waals surface area contributed by atoms with Crippen LogP contribution in [0.3, 0.4) is 0 Å². The second-order valence-corrected chi connectivity index (χ2v) is 10.8. The SMILES string of the molecule is CC#CC(CC#CCCC(=O)OC)O[Si](CCCC)(c1ccccc1)c1ccccc1. The molecule has 1 unspecified atom stereocenters. The Morgan fingerprint density at radius 3 is 2.13 bits per heavy atom. The van der Waals surface area contributed by atoms with E-state index >= 15 is 0 Å². The molecule has 2 aromatic rings. The van der Waals surface area contributed by atoms with E-state index < -0.39 is 8.32 Å². The lowest BCUT2D eigenvalue weighted by molar-refractivity contribution is -0.140. The molecule has 0 aromatic heterocycles. The summed E-state index contributed by atoms with van der Waals surface area (Å²) in [6.07, 6.45) is 3.22. The Balaban J connectivity index is 2.36. The average Bonchev–Trinajstić information content (AvgIpc) is 2.82. The number of hydrogen-bond acceptors (Lipinski definition) is 3. The molecule has 0 aliphatic heterocycles. The summed E-state index contributed by atoms with van der Waals surface area (Å²) < 4.78 is 11.6. The molecule has 2 rings (SSSR count). The molecule has 162 valence electrons. The van der Waals surface area contributed by atoms with E-state index in [0.717, 1.165) is 18.9 Å². The molecule has 0 N–H and O–H groups in total. The topological polar surface area (TPSA) is 35.5 Å². The van der Waals surface area contributed by atoms with Gasteiger partial charge in [0.15, 0.2) is 0 Å². The van der Waals surface area contributed by atoms with E-state index in [1.165, 1.54) is 17.5 Å². The summed E-state index contributed by atoms with van der Waals surface area (Å²) in [6.45, 7) is 4.05. The number of unbranched alkanes of at least 4 members (excludes halogenated alkanes) is 1. The fraction of sp³-hybridized carbons (Fsp3) is 0.370. The zero-order valence-corrected chi connectivity index (χ0v) is 19.8. The minimum atomic E-state index is -2.51. The second kappa shape index (κ2) is 13.5. The lowest BCUT2D eigenvalue weighted by atomic mass is 10.2. The molecule has 31 heavy (non-hydrogen) atoms. The fourth-order valence-corrected chi connectivity index (χ4v) is 7.78. The predicted octanol–water partition coefficient (Wildman–Crippen LogP) is 4.30. The minimum Gasteiger partial charge on any atom is -0.469 e. The van der Waals surface area contributed by atoms with Crippen LogP contribution in [0.2, 0.25) is 6.04 Å². The Morgan fingerprint density at radius 2 is 1.61 bits per heavy atom. The third-order valence-corrected chi connectivity index (χ3v) is 9.38. The molecule has 0 bridgehead atoms. The highest BCUT2D eigenvalue weighted by atomic mass is 28.4. The summed E-state index contributed by atoms with van der Waals surface area (Å²) >= 11 is 0. The van der Waals surface area contributed by atoms with E-state index in [0.29, 0.717) is 19.3 Å². The van der Waals surface area contributed by atoms with Crippen molar-refractivity contribution in [3.63, 3.8) is 0 Å². The van der Waals surface area contributed by atoms with Crippen LogP contribution in [0, 0.1) is 23.7 Å². The standard InChI is InChI=1S/C27H32O3Si/c1-4-6-23-31(25-18-11-8-12-19-25,26-20-13-9-14-21-26)30-24(16-5-2)17-10-7-15-22-27(28)29-3/h8-9,11-14,18-21,24H,4,6,15,17,22-23H2,1-3H3. The average molecular weight is 433 g/mol. The summed E-state index contributed by atoms with van der Waals surface area (Å²) in [5.41, 5.74) is 0. The van der Waals surface area contributed by atoms with Crippen LogP contribution in [0.15, 0.2) is 60.7 Å². The number of carbonyl (C=O) groups is 1. The normalized spacial score (nSPS) is 11.5. The molecule has 0 amide bonds. The van der Waals surface area contributed by atoms with Crippen molar-refractivity contribution in [3.05, 3.63) is 60.7 Å². The molecule has 0 heterocycles. The number of ether oxygens (including phenoxy) is 1. The van der Waals surface area contributed by atoms with Crippen molar-refractivity contribution in [2.45, 2.75) is 58.1 Å². The monoisotopic (exact) mass is 432 g/mol. The fourth-order valence-electron chi connectivity index (χ4n) is 3.54. The maximum absolute atomic E-state index is 11.3. The van der Waals surface area contributed by atoms with Crippen LogP contribution < -0.4 is 10.4 Å². The molecule has 0 aliphatic carbocycles. The van der Waals surface area contributed by atoms with E-state index in [4.69, 9.17) is 4.43 Å². The van der Waals surface area contributed by atoms with Gasteiger partial charge in [-0.3, -0.25) is 4.79 Å². The minimum absolute atomic E-state index is 0.241. The van der Waals surface area contributed by atoms with Crippen molar-refractivity contribution in [2.75, 3.05) is 7.11 Å². The quantitative estimate of drug-likeness (QED) is 0.319. The van der Waals surface area contributed by atoms with Crippen LogP contribution in [0.25, 0.3) is 0 Å². The molecule has 0 radical (unpaired) electrons. The largest absolute Gasteiger partial charge is 0.469 e. The van der Waals surface area contributed by atoms with Gasteiger partial charge in [-0.05, 0) is 23.3 Å². The highest BCUT2D eigenvalue weighted by Crippen LogP contribution is 2.20. The molecule has 0 fully saturated rings. The van der Waals surface area contributed by atoms with Gasteiger partial charge in [0, 0.05) is 12.8 Å². The lowest BCUT2D eigenvalue weighted by Gasteiger charge is -2.34. The van der Waals surface area contributed by atoms with E-state index in [2.05, 4.69) is 83.9 Å². The van der Waals surface area contributed by atoms with Crippen molar-refractivity contribution in [1.29, 1.82) is 0 Å². The van der Waals surface area contributed by atoms with E-state index in [1.807, 2.05) is 19.1 Å². The number of esters is 1. The maximum atomic E-state index is 11.3. The third-order valence-electron chi connectivity index (χ3n) is 5.11. The number of rotatable bonds is 10. The van der Waals surface area contributed by atoms with Gasteiger partial charge in [-0.25, -0.2) is 0 Å². The molecule has 1 atom stereocenters. The summed E-state index contributed by atoms with van der Waals surface area (Å²) in [4.78, 5) is 11.3. The molecular formula is C27H32O3Si. The Kier molecular flexibility index (Phi) is 10.7. The summed E-state index contributed by atoms with van der Waals surface area (Å²) in [7, 11) is -1.11. The number of benzene rings is 2. The zero-order valence-electron chi connectivity index (χ0n) is 18.8. The van der Waals surface area contributed by atoms with Gasteiger partial charge < -0.3 is 9.16 Å². The smallest absolute Gasteiger partial charge is 0.306 e. The molecule has 0 aliphatic rings. The van der Waals surface area contributed by atoms with Gasteiger partial charge in [-0.15, -0.1) is 11.8 Å². The number of hydrogen-bond donors (Lipinski definition) is 0. The molecule has 0 saturated carbocycles. The number of methoxy groups -OCH3 is 1. The highest BCUT2D eigenvalue weighted by Gasteiger charge is 2.40. The molecule has 3 nitrogen and oxygen atoms in total. The van der Waals surface area contributed by atoms with Gasteiger partial charge in [-0.2, -0.15) is 0 Å². The molecular weight excluding hydrogens is 400 g/mol. The van der Waals surface area contributed by atoms with Crippen LogP contribution >= 0.6 is 0 Å². The summed E-state index contributed by atoms with van der Waals surface area (Å²) in [5, 5.41) is 2.52. The summed E-state index contributed by atoms with van der Waals surface area (Å²) in [6, 6.07) is 22.2. The lowest BCUT2D eigenvalue weighted by Crippen LogP contribution is -2.62. The first kappa shape index (κ1) is 24.5. The van der Waals surface area contributed by atoms with Crippen LogP contribution in [0.5, 0.6) is 0 Å². The second-order valence-electron chi connectivity index (χ2n) is 7.30. The van der Waals surface area contributed by atoms with Crippen molar-refractivity contribution in [2.24, 2.45) is 0 Å². The van der Waals surface area contributed by atoms with Gasteiger partial charge in [-0.1, -0.05) is 92.3 Å². The Labute approximate surface area is 188 Å². The van der Waals surface area contributed by atoms with Crippen molar-refractivity contribution < 1.29 is 14.0 Å². The van der Waals surface area contributed by atoms with Gasteiger partial charge in [0.1, 0.15) is 6.10 Å². The first-order chi connectivity index (χ1) is 15.2. The van der Waals surface area contributed by atoms with E-state index in [-0.39, 0.29) is 12.1 Å². The van der Waals surface area contributed by atoms with E-state index in [9.17, 15) is 4.79 Å². The van der Waals surface area contributed by atoms with Gasteiger partial charge >= 0.3 is 5.97 Å². The van der Waals surface area contributed by atoms with Gasteiger partial charge in [0.05, 0.1) is 13.5 Å². The van der Waals surface area contributed by atoms with Crippen molar-refractivity contribution in [1.82, 2.24) is 0 Å². The van der Waals surface area contributed by atoms with Crippen LogP contribution in [0.4, 0.5) is 0 Å². The Bertz CT molecular complexity index is 877. The molecule has 0 saturated heterocycles. The van der Waals surface area contributed by atoms with Crippen molar-refractivity contribution in [3.8, 4) is 23.7 Å². The first-order valence-corrected chi connectivity index (χ1v) is 13.0. The zero-order chi connectivity index (χ0) is 22.4. The molecule has 4 heteroatoms. The maximum Gasteiger partial charge on any atom is 0.306 e. The summed E-state index contributed by atoms with van der Waals surface area (Å²) in [5.74, 6) is 12.2. The van der Waals surface area contributed by atoms with Crippen LogP contribution in [-0.2, 0) is 14.0 Å². The Morgan fingerprint density at radius 1 is 1.00 bits per heavy atom. The first-order valence-electron chi connectivity index (χ1n) is 10.9. The molecule has 0 spiro atoms. The predicted molar refractivity (Wildman–Crippen MR) is 130 cm³/mol. The number of carbonyl (C=O) groups excluding carboxylic acids is 1. The third kappa shape index (κ3) is 7.44. The van der Waals surface area contributed by atoms with Crippen molar-refractivity contribution >= 4 is 24.7 Å².